The summed E-state index contributed by atoms with van der Waals surface area (Å²) in [6, 6.07) is 5.47. The minimum Gasteiger partial charge on any atom is -0.393 e. The van der Waals surface area contributed by atoms with Crippen LogP contribution in [0.25, 0.3) is 0 Å². The highest BCUT2D eigenvalue weighted by molar-refractivity contribution is 6.31. The van der Waals surface area contributed by atoms with Gasteiger partial charge in [0.25, 0.3) is 5.91 Å². The van der Waals surface area contributed by atoms with Crippen LogP contribution in [0.2, 0.25) is 5.02 Å². The van der Waals surface area contributed by atoms with Gasteiger partial charge in [-0.3, -0.25) is 4.79 Å². The predicted molar refractivity (Wildman–Crippen MR) is 76.5 cm³/mol. The van der Waals surface area contributed by atoms with Crippen LogP contribution >= 0.6 is 11.6 Å². The molecule has 1 amide bonds. The van der Waals surface area contributed by atoms with Crippen LogP contribution < -0.4 is 5.32 Å². The fraction of sp³-hybridized carbons (Fsp3) is 0.533. The minimum atomic E-state index is -0.191. The number of nitrogens with one attached hydrogen (secondary N) is 1. The zero-order chi connectivity index (χ0) is 14.0. The van der Waals surface area contributed by atoms with Crippen molar-refractivity contribution in [3.05, 3.63) is 34.3 Å². The molecule has 4 heteroatoms. The van der Waals surface area contributed by atoms with Gasteiger partial charge in [0.1, 0.15) is 0 Å². The maximum Gasteiger partial charge on any atom is 0.251 e. The predicted octanol–water partition coefficient (Wildman–Crippen LogP) is 2.93. The van der Waals surface area contributed by atoms with E-state index in [9.17, 15) is 9.90 Å². The highest BCUT2D eigenvalue weighted by Crippen LogP contribution is 2.31. The number of aliphatic hydroxyl groups excluding tert-OH is 1. The topological polar surface area (TPSA) is 49.3 Å². The summed E-state index contributed by atoms with van der Waals surface area (Å²) in [7, 11) is 0. The molecule has 1 saturated carbocycles. The molecule has 1 aromatic carbocycles. The molecule has 0 aliphatic heterocycles. The molecule has 1 atom stereocenters. The summed E-state index contributed by atoms with van der Waals surface area (Å²) in [4.78, 5) is 12.3. The quantitative estimate of drug-likeness (QED) is 0.891. The second-order valence-corrected chi connectivity index (χ2v) is 5.77. The Kier molecular flexibility index (Phi) is 4.48. The van der Waals surface area contributed by atoms with E-state index in [0.717, 1.165) is 24.8 Å². The number of hydrogen-bond donors (Lipinski definition) is 2. The molecule has 3 nitrogen and oxygen atoms in total. The lowest BCUT2D eigenvalue weighted by Crippen LogP contribution is -2.46. The first-order valence-electron chi connectivity index (χ1n) is 6.76. The fourth-order valence-electron chi connectivity index (χ4n) is 2.60. The minimum absolute atomic E-state index is 0.0757. The third kappa shape index (κ3) is 3.28. The van der Waals surface area contributed by atoms with Gasteiger partial charge < -0.3 is 10.4 Å². The molecule has 0 bridgehead atoms. The summed E-state index contributed by atoms with van der Waals surface area (Å²) < 4.78 is 0. The second kappa shape index (κ2) is 5.93. The molecule has 2 N–H and O–H groups in total. The summed E-state index contributed by atoms with van der Waals surface area (Å²) in [5.74, 6) is 0.316. The molecule has 2 rings (SSSR count). The van der Waals surface area contributed by atoms with E-state index in [0.29, 0.717) is 16.5 Å². The molecule has 1 aromatic rings. The van der Waals surface area contributed by atoms with E-state index >= 15 is 0 Å². The van der Waals surface area contributed by atoms with Gasteiger partial charge in [-0.2, -0.15) is 0 Å². The smallest absolute Gasteiger partial charge is 0.251 e. The van der Waals surface area contributed by atoms with Crippen LogP contribution in [0.15, 0.2) is 18.2 Å². The monoisotopic (exact) mass is 281 g/mol. The van der Waals surface area contributed by atoms with Crippen LogP contribution in [-0.4, -0.2) is 23.2 Å². The molecule has 1 aliphatic carbocycles. The number of hydrogen-bond acceptors (Lipinski definition) is 2. The van der Waals surface area contributed by atoms with E-state index in [1.54, 1.807) is 12.1 Å². The lowest BCUT2D eigenvalue weighted by molar-refractivity contribution is 0.0232. The molecule has 1 unspecified atom stereocenters. The molecule has 0 aromatic heterocycles. The van der Waals surface area contributed by atoms with Crippen LogP contribution in [0, 0.1) is 12.8 Å². The SMILES string of the molecule is CCC(NC(=O)c1cc(Cl)ccc1C)C1CC(O)C1. The van der Waals surface area contributed by atoms with Crippen LogP contribution in [0.1, 0.15) is 42.1 Å². The number of halogens is 1. The molecule has 1 aliphatic rings. The highest BCUT2D eigenvalue weighted by atomic mass is 35.5. The van der Waals surface area contributed by atoms with Crippen molar-refractivity contribution in [1.29, 1.82) is 0 Å². The molecular weight excluding hydrogens is 262 g/mol. The van der Waals surface area contributed by atoms with Gasteiger partial charge in [-0.25, -0.2) is 0 Å². The molecule has 19 heavy (non-hydrogen) atoms. The van der Waals surface area contributed by atoms with Crippen molar-refractivity contribution < 1.29 is 9.90 Å². The lowest BCUT2D eigenvalue weighted by Gasteiger charge is -2.37. The number of benzene rings is 1. The van der Waals surface area contributed by atoms with Gasteiger partial charge >= 0.3 is 0 Å². The molecule has 104 valence electrons. The molecule has 0 heterocycles. The number of rotatable bonds is 4. The number of amides is 1. The summed E-state index contributed by atoms with van der Waals surface area (Å²) in [5, 5.41) is 13.0. The lowest BCUT2D eigenvalue weighted by atomic mass is 9.76. The van der Waals surface area contributed by atoms with Crippen molar-refractivity contribution in [2.45, 2.75) is 45.3 Å². The van der Waals surface area contributed by atoms with Crippen LogP contribution in [0.4, 0.5) is 0 Å². The Labute approximate surface area is 119 Å². The average molecular weight is 282 g/mol. The van der Waals surface area contributed by atoms with Crippen molar-refractivity contribution in [1.82, 2.24) is 5.32 Å². The van der Waals surface area contributed by atoms with Gasteiger partial charge in [-0.1, -0.05) is 24.6 Å². The van der Waals surface area contributed by atoms with E-state index < -0.39 is 0 Å². The largest absolute Gasteiger partial charge is 0.393 e. The fourth-order valence-corrected chi connectivity index (χ4v) is 2.77. The van der Waals surface area contributed by atoms with Gasteiger partial charge in [-0.15, -0.1) is 0 Å². The summed E-state index contributed by atoms with van der Waals surface area (Å²) in [6.45, 7) is 3.96. The van der Waals surface area contributed by atoms with Crippen LogP contribution in [-0.2, 0) is 0 Å². The van der Waals surface area contributed by atoms with Gasteiger partial charge in [0.2, 0.25) is 0 Å². The van der Waals surface area contributed by atoms with Gasteiger partial charge in [0.15, 0.2) is 0 Å². The molecular formula is C15H20ClNO2. The first-order chi connectivity index (χ1) is 9.01. The van der Waals surface area contributed by atoms with Crippen molar-refractivity contribution in [3.8, 4) is 0 Å². The number of carbonyl (C=O) groups is 1. The number of aryl methyl sites for hydroxylation is 1. The third-order valence-corrected chi connectivity index (χ3v) is 4.15. The molecule has 0 radical (unpaired) electrons. The average Bonchev–Trinajstić information content (AvgIpc) is 2.35. The maximum absolute atomic E-state index is 12.3. The Hall–Kier alpha value is -1.06. The second-order valence-electron chi connectivity index (χ2n) is 5.33. The summed E-state index contributed by atoms with van der Waals surface area (Å²) in [5.41, 5.74) is 1.55. The molecule has 1 fully saturated rings. The highest BCUT2D eigenvalue weighted by Gasteiger charge is 2.33. The standard InChI is InChI=1S/C15H20ClNO2/c1-3-14(10-6-12(18)7-10)17-15(19)13-8-11(16)5-4-9(13)2/h4-5,8,10,12,14,18H,3,6-7H2,1-2H3,(H,17,19). The number of carbonyl (C=O) groups excluding carboxylic acids is 1. The van der Waals surface area contributed by atoms with E-state index in [4.69, 9.17) is 11.6 Å². The summed E-state index contributed by atoms with van der Waals surface area (Å²) >= 11 is 5.94. The zero-order valence-electron chi connectivity index (χ0n) is 11.3. The third-order valence-electron chi connectivity index (χ3n) is 3.92. The Balaban J connectivity index is 2.05. The first kappa shape index (κ1) is 14.4. The normalized spacial score (nSPS) is 23.6. The molecule has 0 spiro atoms. The summed E-state index contributed by atoms with van der Waals surface area (Å²) in [6.07, 6.45) is 2.26. The van der Waals surface area contributed by atoms with Crippen molar-refractivity contribution >= 4 is 17.5 Å². The Bertz CT molecular complexity index is 469. The first-order valence-corrected chi connectivity index (χ1v) is 7.14. The number of aliphatic hydroxyl groups is 1. The van der Waals surface area contributed by atoms with Gasteiger partial charge in [0, 0.05) is 16.6 Å². The van der Waals surface area contributed by atoms with E-state index in [2.05, 4.69) is 12.2 Å². The van der Waals surface area contributed by atoms with Crippen molar-refractivity contribution in [3.63, 3.8) is 0 Å². The van der Waals surface area contributed by atoms with E-state index in [1.807, 2.05) is 13.0 Å². The zero-order valence-corrected chi connectivity index (χ0v) is 12.1. The van der Waals surface area contributed by atoms with E-state index in [-0.39, 0.29) is 18.1 Å². The Morgan fingerprint density at radius 2 is 2.21 bits per heavy atom. The molecule has 0 saturated heterocycles. The maximum atomic E-state index is 12.3. The Morgan fingerprint density at radius 3 is 2.79 bits per heavy atom. The van der Waals surface area contributed by atoms with Crippen LogP contribution in [0.3, 0.4) is 0 Å². The Morgan fingerprint density at radius 1 is 1.53 bits per heavy atom. The van der Waals surface area contributed by atoms with E-state index in [1.165, 1.54) is 0 Å². The van der Waals surface area contributed by atoms with Gasteiger partial charge in [-0.05, 0) is 49.8 Å². The van der Waals surface area contributed by atoms with Crippen LogP contribution in [0.5, 0.6) is 0 Å². The van der Waals surface area contributed by atoms with Crippen molar-refractivity contribution in [2.24, 2.45) is 5.92 Å². The van der Waals surface area contributed by atoms with Gasteiger partial charge in [0.05, 0.1) is 6.10 Å². The van der Waals surface area contributed by atoms with Crippen molar-refractivity contribution in [2.75, 3.05) is 0 Å².